The number of hydrogen-bond donors (Lipinski definition) is 5. The molecule has 0 heterocycles. The molecular formula is C37H48ClN5O4S. The van der Waals surface area contributed by atoms with E-state index in [9.17, 15) is 18.0 Å². The van der Waals surface area contributed by atoms with Crippen molar-refractivity contribution in [3.63, 3.8) is 0 Å². The molecule has 1 unspecified atom stereocenters. The molecule has 0 bridgehead atoms. The van der Waals surface area contributed by atoms with Gasteiger partial charge >= 0.3 is 0 Å². The maximum atomic E-state index is 14.4. The first-order chi connectivity index (χ1) is 22.6. The van der Waals surface area contributed by atoms with Crippen LogP contribution in [0.3, 0.4) is 0 Å². The third-order valence-electron chi connectivity index (χ3n) is 10.5. The average molecular weight is 694 g/mol. The minimum Gasteiger partial charge on any atom is -0.384 e. The number of amidine groups is 1. The lowest BCUT2D eigenvalue weighted by atomic mass is 9.83. The van der Waals surface area contributed by atoms with E-state index in [-0.39, 0.29) is 48.3 Å². The Morgan fingerprint density at radius 3 is 2.23 bits per heavy atom. The maximum Gasteiger partial charge on any atom is 0.246 e. The van der Waals surface area contributed by atoms with Gasteiger partial charge in [0.15, 0.2) is 0 Å². The number of carbonyl (C=O) groups excluding carboxylic acids is 2. The molecule has 3 aromatic carbocycles. The van der Waals surface area contributed by atoms with Crippen LogP contribution in [-0.2, 0) is 39.0 Å². The van der Waals surface area contributed by atoms with E-state index in [1.807, 2.05) is 48.5 Å². The Morgan fingerprint density at radius 2 is 1.54 bits per heavy atom. The highest BCUT2D eigenvalue weighted by Gasteiger charge is 2.47. The summed E-state index contributed by atoms with van der Waals surface area (Å²) in [7, 11) is -3.72. The lowest BCUT2D eigenvalue weighted by Gasteiger charge is -2.35. The van der Waals surface area contributed by atoms with Crippen LogP contribution >= 0.6 is 12.4 Å². The fraction of sp³-hybridized carbons (Fsp3) is 0.486. The lowest BCUT2D eigenvalue weighted by Crippen LogP contribution is -2.64. The minimum atomic E-state index is -3.72. The zero-order valence-corrected chi connectivity index (χ0v) is 29.1. The van der Waals surface area contributed by atoms with Gasteiger partial charge in [-0.2, -0.15) is 0 Å². The number of carbonyl (C=O) groups is 2. The van der Waals surface area contributed by atoms with Gasteiger partial charge in [-0.05, 0) is 65.0 Å². The van der Waals surface area contributed by atoms with Crippen molar-refractivity contribution < 1.29 is 18.0 Å². The van der Waals surface area contributed by atoms with Crippen LogP contribution in [0.2, 0.25) is 0 Å². The quantitative estimate of drug-likeness (QED) is 0.137. The Hall–Kier alpha value is -3.47. The van der Waals surface area contributed by atoms with Crippen molar-refractivity contribution in [3.05, 3.63) is 82.9 Å². The van der Waals surface area contributed by atoms with Gasteiger partial charge in [0.25, 0.3) is 0 Å². The van der Waals surface area contributed by atoms with Gasteiger partial charge < -0.3 is 16.4 Å². The van der Waals surface area contributed by atoms with E-state index >= 15 is 0 Å². The molecule has 2 atom stereocenters. The zero-order valence-electron chi connectivity index (χ0n) is 27.4. The summed E-state index contributed by atoms with van der Waals surface area (Å²) >= 11 is 0. The Balaban J connectivity index is 0.00000451. The van der Waals surface area contributed by atoms with Gasteiger partial charge in [-0.3, -0.25) is 15.0 Å². The van der Waals surface area contributed by atoms with Crippen LogP contribution in [0.1, 0.15) is 86.5 Å². The van der Waals surface area contributed by atoms with Crippen molar-refractivity contribution >= 4 is 50.9 Å². The molecule has 6 rings (SSSR count). The number of halogens is 1. The molecule has 0 spiro atoms. The van der Waals surface area contributed by atoms with E-state index in [2.05, 4.69) is 15.4 Å². The second-order valence-electron chi connectivity index (χ2n) is 13.9. The van der Waals surface area contributed by atoms with Crippen molar-refractivity contribution in [2.45, 2.75) is 95.2 Å². The van der Waals surface area contributed by atoms with Gasteiger partial charge in [0.05, 0.1) is 5.75 Å². The number of nitrogen functional groups attached to an aromatic ring is 1. The highest BCUT2D eigenvalue weighted by atomic mass is 35.5. The second-order valence-corrected chi connectivity index (χ2v) is 15.7. The minimum absolute atomic E-state index is 0. The predicted molar refractivity (Wildman–Crippen MR) is 193 cm³/mol. The molecule has 0 aliphatic heterocycles. The van der Waals surface area contributed by atoms with Crippen LogP contribution in [0, 0.1) is 17.2 Å². The number of amides is 2. The summed E-state index contributed by atoms with van der Waals surface area (Å²) < 4.78 is 30.0. The summed E-state index contributed by atoms with van der Waals surface area (Å²) in [5, 5.41) is 16.0. The van der Waals surface area contributed by atoms with Crippen molar-refractivity contribution in [3.8, 4) is 0 Å². The first kappa shape index (κ1) is 35.8. The van der Waals surface area contributed by atoms with Crippen LogP contribution in [0.5, 0.6) is 0 Å². The van der Waals surface area contributed by atoms with Crippen LogP contribution in [0.25, 0.3) is 10.8 Å². The van der Waals surface area contributed by atoms with Gasteiger partial charge in [0, 0.05) is 24.9 Å². The number of hydrogen-bond acceptors (Lipinski definition) is 5. The molecule has 11 heteroatoms. The normalized spacial score (nSPS) is 20.8. The predicted octanol–water partition coefficient (Wildman–Crippen LogP) is 5.26. The fourth-order valence-electron chi connectivity index (χ4n) is 7.95. The summed E-state index contributed by atoms with van der Waals surface area (Å²) in [4.78, 5) is 28.7. The number of nitrogens with two attached hydrogens (primary N) is 1. The first-order valence-corrected chi connectivity index (χ1v) is 18.8. The largest absolute Gasteiger partial charge is 0.384 e. The molecule has 0 radical (unpaired) electrons. The van der Waals surface area contributed by atoms with Crippen LogP contribution in [0.4, 0.5) is 0 Å². The molecule has 2 saturated carbocycles. The van der Waals surface area contributed by atoms with Crippen LogP contribution < -0.4 is 21.1 Å². The van der Waals surface area contributed by atoms with E-state index in [1.165, 1.54) is 0 Å². The summed E-state index contributed by atoms with van der Waals surface area (Å²) in [6, 6.07) is 18.3. The van der Waals surface area contributed by atoms with Gasteiger partial charge in [-0.1, -0.05) is 99.2 Å². The molecule has 3 aliphatic rings. The Bertz CT molecular complexity index is 1740. The van der Waals surface area contributed by atoms with Crippen molar-refractivity contribution in [1.29, 1.82) is 5.41 Å². The summed E-state index contributed by atoms with van der Waals surface area (Å²) in [6.07, 6.45) is 10.1. The van der Waals surface area contributed by atoms with E-state index in [1.54, 1.807) is 12.1 Å². The number of rotatable bonds is 11. The Kier molecular flexibility index (Phi) is 11.5. The Morgan fingerprint density at radius 1 is 0.875 bits per heavy atom. The van der Waals surface area contributed by atoms with E-state index in [0.29, 0.717) is 18.4 Å². The maximum absolute atomic E-state index is 14.4. The highest BCUT2D eigenvalue weighted by Crippen LogP contribution is 2.37. The summed E-state index contributed by atoms with van der Waals surface area (Å²) in [5.74, 6) is -0.754. The second kappa shape index (κ2) is 15.4. The average Bonchev–Trinajstić information content (AvgIpc) is 3.47. The SMILES string of the molecule is Cl.N=C(N)c1ccc(CNC(=O)C2(NC(=O)[C@H](NS(=O)(=O)CC3CCCCC3)C3CCCCC3)Cc3ccc4ccccc4c3C2)cc1. The van der Waals surface area contributed by atoms with E-state index in [0.717, 1.165) is 91.7 Å². The number of benzene rings is 3. The standard InChI is InChI=1S/C37H47N5O4S.ClH/c38-34(39)29-17-15-25(16-18-29)23-40-36(44)37(21-30-20-19-27-11-7-8-14-31(27)32(30)22-37)41-35(43)33(28-12-5-2-6-13-28)42-47(45,46)24-26-9-3-1-4-10-26;/h7-8,11,14-20,26,28,33,42H,1-6,9-10,12-13,21-24H2,(H3,38,39)(H,40,44)(H,41,43);1H/t33-,37?;/m1./s1. The number of fused-ring (bicyclic) bond motifs is 3. The third-order valence-corrected chi connectivity index (χ3v) is 12.0. The molecule has 0 aromatic heterocycles. The van der Waals surface area contributed by atoms with Crippen LogP contribution in [0.15, 0.2) is 60.7 Å². The van der Waals surface area contributed by atoms with E-state index < -0.39 is 27.5 Å². The first-order valence-electron chi connectivity index (χ1n) is 17.2. The summed E-state index contributed by atoms with van der Waals surface area (Å²) in [5.41, 5.74) is 7.78. The molecule has 6 N–H and O–H groups in total. The van der Waals surface area contributed by atoms with Crippen LogP contribution in [-0.4, -0.2) is 43.4 Å². The summed E-state index contributed by atoms with van der Waals surface area (Å²) in [6.45, 7) is 0.228. The van der Waals surface area contributed by atoms with Crippen molar-refractivity contribution in [2.24, 2.45) is 17.6 Å². The topological polar surface area (TPSA) is 154 Å². The van der Waals surface area contributed by atoms with E-state index in [4.69, 9.17) is 11.1 Å². The molecule has 3 aliphatic carbocycles. The molecule has 2 fully saturated rings. The smallest absolute Gasteiger partial charge is 0.246 e. The number of nitrogens with one attached hydrogen (secondary N) is 4. The molecule has 48 heavy (non-hydrogen) atoms. The van der Waals surface area contributed by atoms with Gasteiger partial charge in [-0.15, -0.1) is 12.4 Å². The van der Waals surface area contributed by atoms with Crippen molar-refractivity contribution in [1.82, 2.24) is 15.4 Å². The molecular weight excluding hydrogens is 646 g/mol. The molecule has 9 nitrogen and oxygen atoms in total. The molecule has 258 valence electrons. The number of sulfonamides is 1. The highest BCUT2D eigenvalue weighted by molar-refractivity contribution is 7.89. The Labute approximate surface area is 290 Å². The monoisotopic (exact) mass is 693 g/mol. The zero-order chi connectivity index (χ0) is 33.0. The van der Waals surface area contributed by atoms with Gasteiger partial charge in [0.1, 0.15) is 17.4 Å². The lowest BCUT2D eigenvalue weighted by molar-refractivity contribution is -0.134. The molecule has 0 saturated heterocycles. The van der Waals surface area contributed by atoms with Gasteiger partial charge in [0.2, 0.25) is 21.8 Å². The molecule has 3 aromatic rings. The van der Waals surface area contributed by atoms with Crippen molar-refractivity contribution in [2.75, 3.05) is 5.75 Å². The van der Waals surface area contributed by atoms with Gasteiger partial charge in [-0.25, -0.2) is 13.1 Å². The third kappa shape index (κ3) is 8.21. The fourth-order valence-corrected chi connectivity index (χ4v) is 9.69. The molecule has 2 amide bonds.